The second-order valence-corrected chi connectivity index (χ2v) is 8.13. The Morgan fingerprint density at radius 1 is 1.12 bits per heavy atom. The van der Waals surface area contributed by atoms with E-state index in [2.05, 4.69) is 11.8 Å². The van der Waals surface area contributed by atoms with Crippen molar-refractivity contribution in [1.82, 2.24) is 14.8 Å². The number of ether oxygens (including phenoxy) is 1. The van der Waals surface area contributed by atoms with Gasteiger partial charge < -0.3 is 19.4 Å². The second kappa shape index (κ2) is 7.58. The van der Waals surface area contributed by atoms with Crippen molar-refractivity contribution in [2.75, 3.05) is 57.4 Å². The number of nitrogens with zero attached hydrogens (tertiary/aromatic N) is 4. The quantitative estimate of drug-likeness (QED) is 0.745. The third-order valence-electron chi connectivity index (χ3n) is 5.00. The maximum atomic E-state index is 12.7. The predicted molar refractivity (Wildman–Crippen MR) is 106 cm³/mol. The third kappa shape index (κ3) is 3.48. The number of fused-ring (bicyclic) bond motifs is 1. The van der Waals surface area contributed by atoms with Crippen LogP contribution in [0.1, 0.15) is 12.0 Å². The number of hydrogen-bond acceptors (Lipinski definition) is 5. The summed E-state index contributed by atoms with van der Waals surface area (Å²) >= 11 is 7.99. The van der Waals surface area contributed by atoms with Crippen molar-refractivity contribution in [3.63, 3.8) is 0 Å². The predicted octanol–water partition coefficient (Wildman–Crippen LogP) is 3.22. The average Bonchev–Trinajstić information content (AvgIpc) is 2.98. The lowest BCUT2D eigenvalue weighted by Crippen LogP contribution is -2.49. The Kier molecular flexibility index (Phi) is 5.20. The van der Waals surface area contributed by atoms with Gasteiger partial charge in [-0.1, -0.05) is 29.0 Å². The van der Waals surface area contributed by atoms with Crippen molar-refractivity contribution >= 4 is 44.3 Å². The highest BCUT2D eigenvalue weighted by molar-refractivity contribution is 7.22. The van der Waals surface area contributed by atoms with Crippen LogP contribution in [-0.4, -0.2) is 73.3 Å². The normalized spacial score (nSPS) is 19.1. The minimum absolute atomic E-state index is 0.137. The van der Waals surface area contributed by atoms with Crippen LogP contribution in [0.3, 0.4) is 0 Å². The van der Waals surface area contributed by atoms with E-state index in [9.17, 15) is 4.79 Å². The maximum Gasteiger partial charge on any atom is 0.320 e. The first-order chi connectivity index (χ1) is 12.6. The molecule has 1 aromatic carbocycles. The molecular weight excluding hydrogens is 372 g/mol. The summed E-state index contributed by atoms with van der Waals surface area (Å²) in [7, 11) is 0. The summed E-state index contributed by atoms with van der Waals surface area (Å²) in [5, 5.41) is 1.75. The monoisotopic (exact) mass is 394 g/mol. The van der Waals surface area contributed by atoms with Crippen LogP contribution < -0.4 is 4.90 Å². The molecule has 4 rings (SSSR count). The molecule has 0 spiro atoms. The van der Waals surface area contributed by atoms with Gasteiger partial charge in [0.05, 0.1) is 28.5 Å². The van der Waals surface area contributed by atoms with E-state index in [0.717, 1.165) is 58.5 Å². The largest absolute Gasteiger partial charge is 0.378 e. The van der Waals surface area contributed by atoms with Crippen LogP contribution in [0.15, 0.2) is 12.1 Å². The van der Waals surface area contributed by atoms with E-state index in [4.69, 9.17) is 21.3 Å². The van der Waals surface area contributed by atoms with Gasteiger partial charge in [0.25, 0.3) is 0 Å². The first-order valence-corrected chi connectivity index (χ1v) is 10.2. The molecule has 8 heteroatoms. The van der Waals surface area contributed by atoms with Crippen LogP contribution in [0.4, 0.5) is 9.93 Å². The SMILES string of the molecule is Cc1ccc(Cl)c2sc(N3CCCN(C(=O)N4CCOCC4)CC3)nc12. The summed E-state index contributed by atoms with van der Waals surface area (Å²) in [6, 6.07) is 4.09. The molecule has 2 fully saturated rings. The Morgan fingerprint density at radius 2 is 1.88 bits per heavy atom. The number of thiazole rings is 1. The summed E-state index contributed by atoms with van der Waals surface area (Å²) < 4.78 is 6.39. The molecule has 2 aromatic rings. The first-order valence-electron chi connectivity index (χ1n) is 9.05. The maximum absolute atomic E-state index is 12.7. The van der Waals surface area contributed by atoms with Crippen LogP contribution >= 0.6 is 22.9 Å². The van der Waals surface area contributed by atoms with Gasteiger partial charge in [0.15, 0.2) is 5.13 Å². The number of anilines is 1. The van der Waals surface area contributed by atoms with Crippen molar-refractivity contribution in [2.24, 2.45) is 0 Å². The number of amides is 2. The second-order valence-electron chi connectivity index (χ2n) is 6.75. The number of hydrogen-bond donors (Lipinski definition) is 0. The highest BCUT2D eigenvalue weighted by Crippen LogP contribution is 2.35. The molecule has 140 valence electrons. The lowest BCUT2D eigenvalue weighted by Gasteiger charge is -2.32. The molecule has 0 saturated carbocycles. The lowest BCUT2D eigenvalue weighted by atomic mass is 10.2. The summed E-state index contributed by atoms with van der Waals surface area (Å²) in [4.78, 5) is 23.7. The van der Waals surface area contributed by atoms with Crippen molar-refractivity contribution in [3.05, 3.63) is 22.7 Å². The zero-order chi connectivity index (χ0) is 18.1. The van der Waals surface area contributed by atoms with Crippen molar-refractivity contribution < 1.29 is 9.53 Å². The number of morpholine rings is 1. The van der Waals surface area contributed by atoms with E-state index in [1.54, 1.807) is 11.3 Å². The van der Waals surface area contributed by atoms with Gasteiger partial charge >= 0.3 is 6.03 Å². The van der Waals surface area contributed by atoms with Gasteiger partial charge in [0, 0.05) is 39.3 Å². The lowest BCUT2D eigenvalue weighted by molar-refractivity contribution is 0.0438. The molecule has 0 atom stereocenters. The molecule has 3 heterocycles. The smallest absolute Gasteiger partial charge is 0.320 e. The number of rotatable bonds is 1. The van der Waals surface area contributed by atoms with Gasteiger partial charge in [-0.05, 0) is 25.0 Å². The number of urea groups is 1. The van der Waals surface area contributed by atoms with Crippen molar-refractivity contribution in [3.8, 4) is 0 Å². The molecule has 0 aliphatic carbocycles. The highest BCUT2D eigenvalue weighted by atomic mass is 35.5. The summed E-state index contributed by atoms with van der Waals surface area (Å²) in [6.45, 7) is 7.93. The number of carbonyl (C=O) groups is 1. The zero-order valence-corrected chi connectivity index (χ0v) is 16.5. The van der Waals surface area contributed by atoms with Crippen LogP contribution in [0, 0.1) is 6.92 Å². The molecule has 2 aliphatic rings. The molecule has 26 heavy (non-hydrogen) atoms. The van der Waals surface area contributed by atoms with Crippen molar-refractivity contribution in [1.29, 1.82) is 0 Å². The fourth-order valence-electron chi connectivity index (χ4n) is 3.48. The number of aryl methyl sites for hydroxylation is 1. The van der Waals surface area contributed by atoms with E-state index in [1.807, 2.05) is 21.9 Å². The standard InChI is InChI=1S/C18H23ClN4O2S/c1-13-3-4-14(19)16-15(13)20-17(26-16)21-5-2-6-22(8-7-21)18(24)23-9-11-25-12-10-23/h3-4H,2,5-12H2,1H3. The van der Waals surface area contributed by atoms with E-state index < -0.39 is 0 Å². The number of carbonyl (C=O) groups excluding carboxylic acids is 1. The molecule has 2 amide bonds. The molecule has 0 bridgehead atoms. The van der Waals surface area contributed by atoms with Gasteiger partial charge in [0.2, 0.25) is 0 Å². The van der Waals surface area contributed by atoms with E-state index in [0.29, 0.717) is 26.3 Å². The molecular formula is C18H23ClN4O2S. The Labute approximate surface area is 162 Å². The van der Waals surface area contributed by atoms with Gasteiger partial charge in [-0.2, -0.15) is 0 Å². The van der Waals surface area contributed by atoms with Gasteiger partial charge in [-0.25, -0.2) is 9.78 Å². The first kappa shape index (κ1) is 17.8. The Balaban J connectivity index is 1.47. The van der Waals surface area contributed by atoms with Gasteiger partial charge in [-0.15, -0.1) is 0 Å². The fraction of sp³-hybridized carbons (Fsp3) is 0.556. The molecule has 0 N–H and O–H groups in total. The van der Waals surface area contributed by atoms with E-state index in [-0.39, 0.29) is 6.03 Å². The highest BCUT2D eigenvalue weighted by Gasteiger charge is 2.26. The Hall–Kier alpha value is -1.57. The van der Waals surface area contributed by atoms with Gasteiger partial charge in [0.1, 0.15) is 0 Å². The Morgan fingerprint density at radius 3 is 2.65 bits per heavy atom. The number of aromatic nitrogens is 1. The number of halogens is 1. The third-order valence-corrected chi connectivity index (χ3v) is 6.58. The zero-order valence-electron chi connectivity index (χ0n) is 14.9. The molecule has 0 radical (unpaired) electrons. The fourth-order valence-corrected chi connectivity index (χ4v) is 4.85. The molecule has 1 aromatic heterocycles. The van der Waals surface area contributed by atoms with Crippen LogP contribution in [0.5, 0.6) is 0 Å². The topological polar surface area (TPSA) is 48.9 Å². The average molecular weight is 395 g/mol. The summed E-state index contributed by atoms with van der Waals surface area (Å²) in [5.41, 5.74) is 2.13. The Bertz CT molecular complexity index is 767. The van der Waals surface area contributed by atoms with E-state index >= 15 is 0 Å². The molecule has 6 nitrogen and oxygen atoms in total. The summed E-state index contributed by atoms with van der Waals surface area (Å²) in [5.74, 6) is 0. The van der Waals surface area contributed by atoms with Crippen LogP contribution in [0.2, 0.25) is 5.02 Å². The number of benzene rings is 1. The van der Waals surface area contributed by atoms with Crippen LogP contribution in [-0.2, 0) is 4.74 Å². The van der Waals surface area contributed by atoms with Crippen molar-refractivity contribution in [2.45, 2.75) is 13.3 Å². The molecule has 2 saturated heterocycles. The molecule has 0 unspecified atom stereocenters. The minimum atomic E-state index is 0.137. The van der Waals surface area contributed by atoms with Crippen LogP contribution in [0.25, 0.3) is 10.2 Å². The minimum Gasteiger partial charge on any atom is -0.378 e. The molecule has 2 aliphatic heterocycles. The summed E-state index contributed by atoms with van der Waals surface area (Å²) in [6.07, 6.45) is 0.943. The van der Waals surface area contributed by atoms with Gasteiger partial charge in [-0.3, -0.25) is 0 Å². The van der Waals surface area contributed by atoms with E-state index in [1.165, 1.54) is 0 Å².